The molecule has 0 atom stereocenters. The zero-order valence-corrected chi connectivity index (χ0v) is 17.9. The van der Waals surface area contributed by atoms with Gasteiger partial charge in [-0.25, -0.2) is 15.0 Å². The van der Waals surface area contributed by atoms with Gasteiger partial charge in [-0.2, -0.15) is 13.2 Å². The SMILES string of the molecule is CCc1nc2c(-c3ccc(C(F)(F)F)cc3Cl)ncnc2n1CC#CCc1ccccc1. The van der Waals surface area contributed by atoms with Gasteiger partial charge in [0, 0.05) is 18.4 Å². The smallest absolute Gasteiger partial charge is 0.301 e. The van der Waals surface area contributed by atoms with Gasteiger partial charge in [0.2, 0.25) is 0 Å². The lowest BCUT2D eigenvalue weighted by molar-refractivity contribution is -0.137. The molecule has 2 aromatic carbocycles. The second kappa shape index (κ2) is 9.01. The number of aryl methyl sites for hydroxylation is 1. The van der Waals surface area contributed by atoms with Gasteiger partial charge in [-0.15, -0.1) is 0 Å². The summed E-state index contributed by atoms with van der Waals surface area (Å²) in [7, 11) is 0. The molecular formula is C24H18ClF3N4. The van der Waals surface area contributed by atoms with Crippen molar-refractivity contribution in [3.8, 4) is 23.1 Å². The van der Waals surface area contributed by atoms with E-state index in [2.05, 4.69) is 26.8 Å². The van der Waals surface area contributed by atoms with Crippen LogP contribution in [-0.2, 0) is 25.6 Å². The maximum Gasteiger partial charge on any atom is 0.416 e. The molecule has 0 radical (unpaired) electrons. The van der Waals surface area contributed by atoms with Crippen molar-refractivity contribution in [2.24, 2.45) is 0 Å². The van der Waals surface area contributed by atoms with Crippen molar-refractivity contribution in [1.82, 2.24) is 19.5 Å². The fraction of sp³-hybridized carbons (Fsp3) is 0.208. The van der Waals surface area contributed by atoms with Crippen molar-refractivity contribution in [3.63, 3.8) is 0 Å². The van der Waals surface area contributed by atoms with Crippen LogP contribution in [0.4, 0.5) is 13.2 Å². The van der Waals surface area contributed by atoms with E-state index in [1.165, 1.54) is 12.4 Å². The highest BCUT2D eigenvalue weighted by Gasteiger charge is 2.31. The molecule has 8 heteroatoms. The predicted molar refractivity (Wildman–Crippen MR) is 118 cm³/mol. The third-order valence-corrected chi connectivity index (χ3v) is 5.29. The summed E-state index contributed by atoms with van der Waals surface area (Å²) in [6.07, 6.45) is -1.84. The quantitative estimate of drug-likeness (QED) is 0.356. The minimum atomic E-state index is -4.47. The number of nitrogens with zero attached hydrogens (tertiary/aromatic N) is 4. The average molecular weight is 455 g/mol. The molecule has 4 nitrogen and oxygen atoms in total. The van der Waals surface area contributed by atoms with Crippen LogP contribution in [0.25, 0.3) is 22.4 Å². The van der Waals surface area contributed by atoms with Crippen molar-refractivity contribution < 1.29 is 13.2 Å². The molecule has 0 bridgehead atoms. The van der Waals surface area contributed by atoms with Crippen molar-refractivity contribution in [3.05, 3.63) is 76.8 Å². The van der Waals surface area contributed by atoms with E-state index in [1.54, 1.807) is 0 Å². The molecule has 0 saturated carbocycles. The van der Waals surface area contributed by atoms with Gasteiger partial charge in [0.05, 0.1) is 17.1 Å². The summed E-state index contributed by atoms with van der Waals surface area (Å²) in [5, 5.41) is -0.0462. The molecular weight excluding hydrogens is 437 g/mol. The second-order valence-corrected chi connectivity index (χ2v) is 7.48. The molecule has 4 rings (SSSR count). The Balaban J connectivity index is 1.70. The summed E-state index contributed by atoms with van der Waals surface area (Å²) in [6, 6.07) is 13.2. The standard InChI is InChI=1S/C24H18ClF3N4/c1-2-20-31-22-21(18-12-11-17(14-19(18)25)24(26,27)28)29-15-30-23(22)32(20)13-7-6-10-16-8-4-3-5-9-16/h3-5,8-9,11-12,14-15H,2,10,13H2,1H3. The molecule has 0 aliphatic rings. The van der Waals surface area contributed by atoms with E-state index in [9.17, 15) is 13.2 Å². The van der Waals surface area contributed by atoms with Crippen molar-refractivity contribution in [1.29, 1.82) is 0 Å². The normalized spacial score (nSPS) is 11.4. The molecule has 0 aliphatic carbocycles. The topological polar surface area (TPSA) is 43.6 Å². The first-order valence-corrected chi connectivity index (χ1v) is 10.3. The van der Waals surface area contributed by atoms with Gasteiger partial charge in [0.25, 0.3) is 0 Å². The third-order valence-electron chi connectivity index (χ3n) is 4.98. The predicted octanol–water partition coefficient (Wildman–Crippen LogP) is 5.97. The summed E-state index contributed by atoms with van der Waals surface area (Å²) < 4.78 is 40.9. The molecule has 0 aliphatic heterocycles. The molecule has 162 valence electrons. The minimum Gasteiger partial charge on any atom is -0.301 e. The molecule has 0 N–H and O–H groups in total. The summed E-state index contributed by atoms with van der Waals surface area (Å²) in [4.78, 5) is 13.3. The largest absolute Gasteiger partial charge is 0.416 e. The number of fused-ring (bicyclic) bond motifs is 1. The van der Waals surface area contributed by atoms with E-state index < -0.39 is 11.7 Å². The number of imidazole rings is 1. The second-order valence-electron chi connectivity index (χ2n) is 7.07. The number of alkyl halides is 3. The first kappa shape index (κ1) is 21.8. The Labute approximate surface area is 188 Å². The van der Waals surface area contributed by atoms with E-state index in [0.29, 0.717) is 41.8 Å². The Bertz CT molecular complexity index is 1320. The first-order chi connectivity index (χ1) is 15.4. The van der Waals surface area contributed by atoms with Gasteiger partial charge in [0.15, 0.2) is 5.65 Å². The molecule has 0 unspecified atom stereocenters. The van der Waals surface area contributed by atoms with Gasteiger partial charge in [-0.3, -0.25) is 0 Å². The Morgan fingerprint density at radius 3 is 2.50 bits per heavy atom. The van der Waals surface area contributed by atoms with Gasteiger partial charge in [-0.1, -0.05) is 66.8 Å². The monoisotopic (exact) mass is 454 g/mol. The Kier molecular flexibility index (Phi) is 6.15. The molecule has 32 heavy (non-hydrogen) atoms. The maximum absolute atomic E-state index is 13.0. The molecule has 2 heterocycles. The van der Waals surface area contributed by atoms with Crippen LogP contribution in [0.1, 0.15) is 23.9 Å². The molecule has 0 spiro atoms. The van der Waals surface area contributed by atoms with Crippen molar-refractivity contribution in [2.45, 2.75) is 32.5 Å². The third kappa shape index (κ3) is 4.46. The lowest BCUT2D eigenvalue weighted by Crippen LogP contribution is -2.05. The summed E-state index contributed by atoms with van der Waals surface area (Å²) in [5.41, 5.74) is 2.12. The van der Waals surface area contributed by atoms with Gasteiger partial charge < -0.3 is 4.57 Å². The van der Waals surface area contributed by atoms with E-state index in [1.807, 2.05) is 41.8 Å². The molecule has 0 saturated heterocycles. The van der Waals surface area contributed by atoms with Gasteiger partial charge >= 0.3 is 6.18 Å². The van der Waals surface area contributed by atoms with Crippen molar-refractivity contribution >= 4 is 22.8 Å². The van der Waals surface area contributed by atoms with Crippen LogP contribution in [0.3, 0.4) is 0 Å². The summed E-state index contributed by atoms with van der Waals surface area (Å²) >= 11 is 6.19. The Morgan fingerprint density at radius 2 is 1.81 bits per heavy atom. The number of hydrogen-bond acceptors (Lipinski definition) is 3. The number of halogens is 4. The molecule has 4 aromatic rings. The van der Waals surface area contributed by atoms with Crippen LogP contribution in [0.2, 0.25) is 5.02 Å². The highest BCUT2D eigenvalue weighted by molar-refractivity contribution is 6.33. The van der Waals surface area contributed by atoms with E-state index in [-0.39, 0.29) is 5.02 Å². The fourth-order valence-corrected chi connectivity index (χ4v) is 3.66. The van der Waals surface area contributed by atoms with E-state index in [4.69, 9.17) is 11.6 Å². The molecule has 2 aromatic heterocycles. The number of benzene rings is 2. The Morgan fingerprint density at radius 1 is 1.03 bits per heavy atom. The van der Waals surface area contributed by atoms with Crippen LogP contribution >= 0.6 is 11.6 Å². The molecule has 0 amide bonds. The summed E-state index contributed by atoms with van der Waals surface area (Å²) in [5.74, 6) is 7.08. The average Bonchev–Trinajstić information content (AvgIpc) is 3.15. The van der Waals surface area contributed by atoms with E-state index in [0.717, 1.165) is 23.5 Å². The van der Waals surface area contributed by atoms with Crippen LogP contribution in [0.15, 0.2) is 54.9 Å². The number of aromatic nitrogens is 4. The van der Waals surface area contributed by atoms with Crippen molar-refractivity contribution in [2.75, 3.05) is 0 Å². The van der Waals surface area contributed by atoms with Crippen LogP contribution in [0, 0.1) is 11.8 Å². The lowest BCUT2D eigenvalue weighted by Gasteiger charge is -2.10. The maximum atomic E-state index is 13.0. The van der Waals surface area contributed by atoms with Crippen LogP contribution in [0.5, 0.6) is 0 Å². The van der Waals surface area contributed by atoms with Gasteiger partial charge in [0.1, 0.15) is 23.4 Å². The van der Waals surface area contributed by atoms with Crippen LogP contribution < -0.4 is 0 Å². The van der Waals surface area contributed by atoms with Gasteiger partial charge in [-0.05, 0) is 17.7 Å². The number of rotatable bonds is 4. The zero-order valence-electron chi connectivity index (χ0n) is 17.1. The fourth-order valence-electron chi connectivity index (χ4n) is 3.39. The minimum absolute atomic E-state index is 0.0462. The number of hydrogen-bond donors (Lipinski definition) is 0. The van der Waals surface area contributed by atoms with Crippen LogP contribution in [-0.4, -0.2) is 19.5 Å². The van der Waals surface area contributed by atoms with E-state index >= 15 is 0 Å². The zero-order chi connectivity index (χ0) is 22.7. The Hall–Kier alpha value is -3.37. The highest BCUT2D eigenvalue weighted by atomic mass is 35.5. The molecule has 0 fully saturated rings. The first-order valence-electron chi connectivity index (χ1n) is 9.95. The highest BCUT2D eigenvalue weighted by Crippen LogP contribution is 2.36. The summed E-state index contributed by atoms with van der Waals surface area (Å²) in [6.45, 7) is 2.36. The lowest BCUT2D eigenvalue weighted by atomic mass is 10.1.